The minimum Gasteiger partial charge on any atom is -0.320 e. The molecule has 4 rings (SSSR count). The summed E-state index contributed by atoms with van der Waals surface area (Å²) in [6.07, 6.45) is 6.37. The van der Waals surface area contributed by atoms with Crippen LogP contribution in [0.25, 0.3) is 10.9 Å². The standard InChI is InChI=1S/C21H26N4OS/c1-13-14(2)25(16-9-5-4-6-10-16)21(22-13)27-15(3)19-23-18-12-8-7-11-17(18)20(26)24-19/h7-8,11-12,15-16H,4-6,9-10H2,1-3H3,(H,23,24,26). The molecule has 1 aromatic carbocycles. The van der Waals surface area contributed by atoms with Crippen LogP contribution < -0.4 is 5.56 Å². The lowest BCUT2D eigenvalue weighted by molar-refractivity contribution is 0.332. The zero-order chi connectivity index (χ0) is 19.0. The summed E-state index contributed by atoms with van der Waals surface area (Å²) in [5.41, 5.74) is 3.02. The summed E-state index contributed by atoms with van der Waals surface area (Å²) in [5, 5.41) is 1.69. The summed E-state index contributed by atoms with van der Waals surface area (Å²) < 4.78 is 2.43. The van der Waals surface area contributed by atoms with Crippen LogP contribution in [0.4, 0.5) is 0 Å². The Bertz CT molecular complexity index is 1020. The lowest BCUT2D eigenvalue weighted by atomic mass is 9.95. The van der Waals surface area contributed by atoms with E-state index in [1.165, 1.54) is 37.8 Å². The molecule has 0 amide bonds. The van der Waals surface area contributed by atoms with Crippen LogP contribution >= 0.6 is 11.8 Å². The molecule has 5 nitrogen and oxygen atoms in total. The first-order valence-corrected chi connectivity index (χ1v) is 10.6. The number of thioether (sulfide) groups is 1. The van der Waals surface area contributed by atoms with Crippen molar-refractivity contribution in [2.75, 3.05) is 0 Å². The van der Waals surface area contributed by atoms with Crippen LogP contribution in [0, 0.1) is 13.8 Å². The Morgan fingerprint density at radius 3 is 2.67 bits per heavy atom. The Kier molecular flexibility index (Phi) is 5.08. The molecule has 2 aromatic heterocycles. The number of nitrogens with zero attached hydrogens (tertiary/aromatic N) is 3. The molecule has 2 heterocycles. The molecule has 0 radical (unpaired) electrons. The molecule has 1 aliphatic carbocycles. The van der Waals surface area contributed by atoms with Gasteiger partial charge in [-0.3, -0.25) is 4.79 Å². The Labute approximate surface area is 163 Å². The molecule has 1 unspecified atom stereocenters. The molecule has 1 N–H and O–H groups in total. The van der Waals surface area contributed by atoms with E-state index in [0.717, 1.165) is 16.4 Å². The highest BCUT2D eigenvalue weighted by molar-refractivity contribution is 7.99. The number of nitrogens with one attached hydrogen (secondary N) is 1. The minimum atomic E-state index is -0.0777. The van der Waals surface area contributed by atoms with Crippen LogP contribution in [0.1, 0.15) is 67.5 Å². The molecule has 0 spiro atoms. The highest BCUT2D eigenvalue weighted by Crippen LogP contribution is 2.38. The fourth-order valence-corrected chi connectivity index (χ4v) is 5.09. The number of benzene rings is 1. The van der Waals surface area contributed by atoms with E-state index >= 15 is 0 Å². The van der Waals surface area contributed by atoms with Crippen molar-refractivity contribution >= 4 is 22.7 Å². The van der Waals surface area contributed by atoms with Crippen LogP contribution in [0.15, 0.2) is 34.2 Å². The van der Waals surface area contributed by atoms with Gasteiger partial charge in [0.2, 0.25) is 0 Å². The van der Waals surface area contributed by atoms with E-state index in [1.54, 1.807) is 11.8 Å². The fraction of sp³-hybridized carbons (Fsp3) is 0.476. The molecular weight excluding hydrogens is 356 g/mol. The normalized spacial score (nSPS) is 16.7. The number of aromatic amines is 1. The number of aryl methyl sites for hydroxylation is 1. The lowest BCUT2D eigenvalue weighted by Crippen LogP contribution is -2.16. The third-order valence-electron chi connectivity index (χ3n) is 5.59. The van der Waals surface area contributed by atoms with Gasteiger partial charge in [0.15, 0.2) is 5.16 Å². The number of hydrogen-bond donors (Lipinski definition) is 1. The van der Waals surface area contributed by atoms with Crippen LogP contribution in [-0.2, 0) is 0 Å². The summed E-state index contributed by atoms with van der Waals surface area (Å²) in [6, 6.07) is 8.02. The van der Waals surface area contributed by atoms with Crippen molar-refractivity contribution in [3.8, 4) is 0 Å². The van der Waals surface area contributed by atoms with Gasteiger partial charge in [-0.2, -0.15) is 0 Å². The monoisotopic (exact) mass is 382 g/mol. The van der Waals surface area contributed by atoms with Crippen LogP contribution in [0.5, 0.6) is 0 Å². The predicted octanol–water partition coefficient (Wildman–Crippen LogP) is 5.09. The number of fused-ring (bicyclic) bond motifs is 1. The first kappa shape index (κ1) is 18.3. The zero-order valence-corrected chi connectivity index (χ0v) is 17.0. The topological polar surface area (TPSA) is 63.6 Å². The van der Waals surface area contributed by atoms with Crippen molar-refractivity contribution < 1.29 is 0 Å². The Morgan fingerprint density at radius 1 is 1.15 bits per heavy atom. The van der Waals surface area contributed by atoms with E-state index in [1.807, 2.05) is 24.3 Å². The molecular formula is C21H26N4OS. The van der Waals surface area contributed by atoms with Gasteiger partial charge in [0.05, 0.1) is 21.8 Å². The van der Waals surface area contributed by atoms with E-state index in [0.29, 0.717) is 17.3 Å². The summed E-state index contributed by atoms with van der Waals surface area (Å²) in [5.74, 6) is 0.706. The van der Waals surface area contributed by atoms with Crippen LogP contribution in [-0.4, -0.2) is 19.5 Å². The van der Waals surface area contributed by atoms with Gasteiger partial charge >= 0.3 is 0 Å². The molecule has 1 atom stereocenters. The van der Waals surface area contributed by atoms with Crippen LogP contribution in [0.3, 0.4) is 0 Å². The summed E-state index contributed by atoms with van der Waals surface area (Å²) >= 11 is 1.69. The predicted molar refractivity (Wildman–Crippen MR) is 110 cm³/mol. The van der Waals surface area contributed by atoms with E-state index in [-0.39, 0.29) is 10.8 Å². The van der Waals surface area contributed by atoms with Crippen LogP contribution in [0.2, 0.25) is 0 Å². The highest BCUT2D eigenvalue weighted by atomic mass is 32.2. The average Bonchev–Trinajstić information content (AvgIpc) is 2.96. The quantitative estimate of drug-likeness (QED) is 0.638. The number of H-pyrrole nitrogens is 1. The zero-order valence-electron chi connectivity index (χ0n) is 16.2. The van der Waals surface area contributed by atoms with Gasteiger partial charge in [-0.05, 0) is 45.7 Å². The second kappa shape index (κ2) is 7.50. The van der Waals surface area contributed by atoms with Crippen molar-refractivity contribution in [2.45, 2.75) is 69.3 Å². The van der Waals surface area contributed by atoms with Crippen molar-refractivity contribution in [1.29, 1.82) is 0 Å². The number of hydrogen-bond acceptors (Lipinski definition) is 4. The van der Waals surface area contributed by atoms with E-state index in [9.17, 15) is 4.79 Å². The summed E-state index contributed by atoms with van der Waals surface area (Å²) in [6.45, 7) is 6.34. The van der Waals surface area contributed by atoms with E-state index < -0.39 is 0 Å². The Morgan fingerprint density at radius 2 is 1.89 bits per heavy atom. The molecule has 27 heavy (non-hydrogen) atoms. The molecule has 1 aliphatic rings. The maximum atomic E-state index is 12.4. The van der Waals surface area contributed by atoms with Gasteiger partial charge < -0.3 is 9.55 Å². The maximum Gasteiger partial charge on any atom is 0.258 e. The fourth-order valence-electron chi connectivity index (χ4n) is 3.96. The molecule has 6 heteroatoms. The Balaban J connectivity index is 1.66. The number of imidazole rings is 1. The molecule has 142 valence electrons. The van der Waals surface area contributed by atoms with Crippen molar-refractivity contribution in [3.63, 3.8) is 0 Å². The number of para-hydroxylation sites is 1. The molecule has 3 aromatic rings. The maximum absolute atomic E-state index is 12.4. The molecule has 1 saturated carbocycles. The smallest absolute Gasteiger partial charge is 0.258 e. The third-order valence-corrected chi connectivity index (χ3v) is 6.67. The minimum absolute atomic E-state index is 0.0193. The summed E-state index contributed by atoms with van der Waals surface area (Å²) in [7, 11) is 0. The largest absolute Gasteiger partial charge is 0.320 e. The molecule has 0 aliphatic heterocycles. The first-order chi connectivity index (χ1) is 13.0. The van der Waals surface area contributed by atoms with Gasteiger partial charge in [-0.1, -0.05) is 43.2 Å². The second-order valence-electron chi connectivity index (χ2n) is 7.46. The second-order valence-corrected chi connectivity index (χ2v) is 8.76. The number of aromatic nitrogens is 4. The van der Waals surface area contributed by atoms with Crippen molar-refractivity contribution in [1.82, 2.24) is 19.5 Å². The molecule has 0 bridgehead atoms. The van der Waals surface area contributed by atoms with Gasteiger partial charge in [-0.15, -0.1) is 0 Å². The van der Waals surface area contributed by atoms with Crippen molar-refractivity contribution in [3.05, 3.63) is 51.8 Å². The molecule has 0 saturated heterocycles. The number of rotatable bonds is 4. The first-order valence-electron chi connectivity index (χ1n) is 9.75. The lowest BCUT2D eigenvalue weighted by Gasteiger charge is -2.26. The van der Waals surface area contributed by atoms with Gasteiger partial charge in [-0.25, -0.2) is 9.97 Å². The van der Waals surface area contributed by atoms with Crippen molar-refractivity contribution in [2.24, 2.45) is 0 Å². The van der Waals surface area contributed by atoms with Gasteiger partial charge in [0.1, 0.15) is 5.82 Å². The van der Waals surface area contributed by atoms with Gasteiger partial charge in [0.25, 0.3) is 5.56 Å². The Hall–Kier alpha value is -2.08. The highest BCUT2D eigenvalue weighted by Gasteiger charge is 2.24. The molecule has 1 fully saturated rings. The van der Waals surface area contributed by atoms with Gasteiger partial charge in [0, 0.05) is 11.7 Å². The SMILES string of the molecule is Cc1nc(SC(C)c2nc3ccccc3c(=O)[nH]2)n(C2CCCCC2)c1C. The van der Waals surface area contributed by atoms with E-state index in [2.05, 4.69) is 30.3 Å². The third kappa shape index (κ3) is 3.55. The van der Waals surface area contributed by atoms with E-state index in [4.69, 9.17) is 9.97 Å². The summed E-state index contributed by atoms with van der Waals surface area (Å²) in [4.78, 5) is 24.9. The average molecular weight is 383 g/mol.